The predicted octanol–water partition coefficient (Wildman–Crippen LogP) is 2.20. The number of benzene rings is 1. The molecule has 11 heteroatoms. The normalized spacial score (nSPS) is 10.9. The van der Waals surface area contributed by atoms with Gasteiger partial charge in [0.1, 0.15) is 0 Å². The summed E-state index contributed by atoms with van der Waals surface area (Å²) in [7, 11) is 0. The van der Waals surface area contributed by atoms with E-state index in [0.29, 0.717) is 16.6 Å². The van der Waals surface area contributed by atoms with E-state index in [-0.39, 0.29) is 11.8 Å². The fraction of sp³-hybridized carbons (Fsp3) is 0.125. The minimum atomic E-state index is -0.566. The zero-order valence-corrected chi connectivity index (χ0v) is 15.0. The van der Waals surface area contributed by atoms with Gasteiger partial charge in [-0.15, -0.1) is 5.10 Å². The van der Waals surface area contributed by atoms with Crippen LogP contribution in [0.4, 0.5) is 6.01 Å². The van der Waals surface area contributed by atoms with E-state index in [1.54, 1.807) is 24.3 Å². The van der Waals surface area contributed by atoms with Crippen LogP contribution in [0.25, 0.3) is 17.2 Å². The Labute approximate surface area is 157 Å². The van der Waals surface area contributed by atoms with Crippen molar-refractivity contribution in [3.8, 4) is 11.4 Å². The molecule has 2 N–H and O–H groups in total. The van der Waals surface area contributed by atoms with Crippen LogP contribution in [0.15, 0.2) is 34.9 Å². The van der Waals surface area contributed by atoms with E-state index in [2.05, 4.69) is 36.1 Å². The van der Waals surface area contributed by atoms with Crippen molar-refractivity contribution in [2.24, 2.45) is 0 Å². The van der Waals surface area contributed by atoms with Crippen LogP contribution in [0.1, 0.15) is 22.0 Å². The molecule has 1 amide bonds. The highest BCUT2D eigenvalue weighted by atomic mass is 35.5. The number of fused-ring (bicyclic) bond motifs is 1. The lowest BCUT2D eigenvalue weighted by Gasteiger charge is -2.00. The van der Waals surface area contributed by atoms with Crippen LogP contribution in [0.5, 0.6) is 0 Å². The van der Waals surface area contributed by atoms with E-state index in [1.807, 2.05) is 19.9 Å². The summed E-state index contributed by atoms with van der Waals surface area (Å²) in [6.07, 6.45) is 0. The first kappa shape index (κ1) is 16.9. The summed E-state index contributed by atoms with van der Waals surface area (Å²) < 4.78 is 6.54. The average Bonchev–Trinajstić information content (AvgIpc) is 3.27. The summed E-state index contributed by atoms with van der Waals surface area (Å²) in [6.45, 7) is 3.70. The number of amides is 1. The largest absolute Gasteiger partial charge is 0.340 e. The van der Waals surface area contributed by atoms with Crippen LogP contribution >= 0.6 is 11.6 Å². The van der Waals surface area contributed by atoms with Crippen molar-refractivity contribution in [1.82, 2.24) is 35.1 Å². The van der Waals surface area contributed by atoms with Crippen LogP contribution in [-0.4, -0.2) is 35.6 Å². The number of hydrogen-bond acceptors (Lipinski definition) is 8. The van der Waals surface area contributed by atoms with Gasteiger partial charge in [-0.1, -0.05) is 16.8 Å². The molecule has 0 aliphatic carbocycles. The Hall–Kier alpha value is -3.53. The maximum atomic E-state index is 12.3. The summed E-state index contributed by atoms with van der Waals surface area (Å²) in [5, 5.41) is 8.58. The van der Waals surface area contributed by atoms with Crippen LogP contribution in [-0.2, 0) is 0 Å². The highest BCUT2D eigenvalue weighted by molar-refractivity contribution is 6.30. The summed E-state index contributed by atoms with van der Waals surface area (Å²) in [4.78, 5) is 24.7. The molecule has 0 bridgehead atoms. The molecule has 0 unspecified atom stereocenters. The van der Waals surface area contributed by atoms with Gasteiger partial charge in [0.15, 0.2) is 0 Å². The molecule has 1 aromatic carbocycles. The number of aromatic nitrogens is 6. The number of halogens is 1. The first-order valence-corrected chi connectivity index (χ1v) is 8.24. The topological polar surface area (TPSA) is 123 Å². The van der Waals surface area contributed by atoms with Crippen LogP contribution in [0, 0.1) is 13.8 Å². The lowest BCUT2D eigenvalue weighted by molar-refractivity contribution is 0.0951. The Morgan fingerprint density at radius 1 is 1.15 bits per heavy atom. The number of rotatable bonds is 4. The second kappa shape index (κ2) is 6.65. The van der Waals surface area contributed by atoms with Gasteiger partial charge in [0.05, 0.1) is 0 Å². The lowest BCUT2D eigenvalue weighted by atomic mass is 10.2. The van der Waals surface area contributed by atoms with Gasteiger partial charge >= 0.3 is 11.9 Å². The van der Waals surface area contributed by atoms with Gasteiger partial charge < -0.3 is 4.52 Å². The van der Waals surface area contributed by atoms with Gasteiger partial charge in [-0.05, 0) is 44.2 Å². The number of aryl methyl sites for hydroxylation is 2. The van der Waals surface area contributed by atoms with E-state index >= 15 is 0 Å². The number of carbonyl (C=O) groups excluding carboxylic acids is 1. The second-order valence-electron chi connectivity index (χ2n) is 5.70. The number of nitrogens with zero attached hydrogens (tertiary/aromatic N) is 6. The predicted molar refractivity (Wildman–Crippen MR) is 96.1 cm³/mol. The standard InChI is InChI=1S/C16H13ClN8O2/c1-8-7-9(2)25-15(18-8)19-13(23-25)14(26)21-22-16-20-12(24-27-16)10-3-5-11(17)6-4-10/h3-7H,1-2H3,(H,21,26)(H,20,22,24). The molecule has 136 valence electrons. The van der Waals surface area contributed by atoms with Gasteiger partial charge in [-0.3, -0.25) is 10.2 Å². The number of hydrazine groups is 1. The van der Waals surface area contributed by atoms with Gasteiger partial charge in [0, 0.05) is 22.0 Å². The van der Waals surface area contributed by atoms with Gasteiger partial charge in [-0.25, -0.2) is 14.9 Å². The van der Waals surface area contributed by atoms with Crippen LogP contribution in [0.3, 0.4) is 0 Å². The highest BCUT2D eigenvalue weighted by Crippen LogP contribution is 2.19. The Kier molecular flexibility index (Phi) is 4.16. The van der Waals surface area contributed by atoms with Gasteiger partial charge in [0.2, 0.25) is 11.6 Å². The average molecular weight is 385 g/mol. The third-order valence-electron chi connectivity index (χ3n) is 3.63. The molecule has 0 spiro atoms. The monoisotopic (exact) mass is 384 g/mol. The smallest absolute Gasteiger partial charge is 0.313 e. The molecule has 4 aromatic rings. The van der Waals surface area contributed by atoms with Crippen molar-refractivity contribution in [3.05, 3.63) is 52.6 Å². The van der Waals surface area contributed by atoms with E-state index in [9.17, 15) is 4.79 Å². The molecule has 10 nitrogen and oxygen atoms in total. The van der Waals surface area contributed by atoms with Gasteiger partial charge in [-0.2, -0.15) is 9.97 Å². The Balaban J connectivity index is 1.47. The molecule has 3 heterocycles. The molecule has 0 fully saturated rings. The maximum absolute atomic E-state index is 12.3. The van der Waals surface area contributed by atoms with Crippen LogP contribution < -0.4 is 10.9 Å². The molecule has 0 atom stereocenters. The molecule has 0 radical (unpaired) electrons. The zero-order chi connectivity index (χ0) is 19.0. The quantitative estimate of drug-likeness (QED) is 0.513. The van der Waals surface area contributed by atoms with Crippen molar-refractivity contribution in [2.45, 2.75) is 13.8 Å². The molecular formula is C16H13ClN8O2. The van der Waals surface area contributed by atoms with E-state index < -0.39 is 5.91 Å². The first-order valence-electron chi connectivity index (χ1n) is 7.86. The number of carbonyl (C=O) groups is 1. The summed E-state index contributed by atoms with van der Waals surface area (Å²) in [5.74, 6) is 0.0926. The molecule has 0 aliphatic heterocycles. The molecule has 3 aromatic heterocycles. The molecule has 4 rings (SSSR count). The molecule has 0 saturated heterocycles. The molecule has 0 saturated carbocycles. The fourth-order valence-corrected chi connectivity index (χ4v) is 2.55. The van der Waals surface area contributed by atoms with Crippen molar-refractivity contribution in [2.75, 3.05) is 5.43 Å². The minimum Gasteiger partial charge on any atom is -0.313 e. The van der Waals surface area contributed by atoms with Gasteiger partial charge in [0.25, 0.3) is 5.78 Å². The summed E-state index contributed by atoms with van der Waals surface area (Å²) in [5.41, 5.74) is 7.29. The molecule has 0 aliphatic rings. The Morgan fingerprint density at radius 2 is 1.93 bits per heavy atom. The third-order valence-corrected chi connectivity index (χ3v) is 3.88. The second-order valence-corrected chi connectivity index (χ2v) is 6.13. The summed E-state index contributed by atoms with van der Waals surface area (Å²) >= 11 is 5.85. The third kappa shape index (κ3) is 3.42. The Morgan fingerprint density at radius 3 is 2.70 bits per heavy atom. The van der Waals surface area contributed by atoms with Crippen molar-refractivity contribution in [3.63, 3.8) is 0 Å². The lowest BCUT2D eigenvalue weighted by Crippen LogP contribution is -2.30. The maximum Gasteiger partial charge on any atom is 0.340 e. The molecular weight excluding hydrogens is 372 g/mol. The van der Waals surface area contributed by atoms with E-state index in [4.69, 9.17) is 16.1 Å². The molecule has 27 heavy (non-hydrogen) atoms. The minimum absolute atomic E-state index is 0.0159. The number of anilines is 1. The number of hydrogen-bond donors (Lipinski definition) is 2. The zero-order valence-electron chi connectivity index (χ0n) is 14.3. The van der Waals surface area contributed by atoms with Crippen molar-refractivity contribution >= 4 is 29.3 Å². The van der Waals surface area contributed by atoms with Crippen molar-refractivity contribution in [1.29, 1.82) is 0 Å². The van der Waals surface area contributed by atoms with Crippen molar-refractivity contribution < 1.29 is 9.32 Å². The van der Waals surface area contributed by atoms with E-state index in [0.717, 1.165) is 17.0 Å². The first-order chi connectivity index (χ1) is 13.0. The van der Waals surface area contributed by atoms with Crippen LogP contribution in [0.2, 0.25) is 5.02 Å². The highest BCUT2D eigenvalue weighted by Gasteiger charge is 2.16. The number of nitrogens with one attached hydrogen (secondary N) is 2. The Bertz CT molecular complexity index is 1140. The summed E-state index contributed by atoms with van der Waals surface area (Å²) in [6, 6.07) is 8.81. The van der Waals surface area contributed by atoms with E-state index in [1.165, 1.54) is 4.52 Å². The fourth-order valence-electron chi connectivity index (χ4n) is 2.42. The SMILES string of the molecule is Cc1cc(C)n2nc(C(=O)NNc3nc(-c4ccc(Cl)cc4)no3)nc2n1.